The molecule has 29 heavy (non-hydrogen) atoms. The van der Waals surface area contributed by atoms with Gasteiger partial charge in [-0.1, -0.05) is 78.9 Å². The molecular weight excluding hydrogens is 382 g/mol. The number of benzene rings is 3. The molecule has 5 heteroatoms. The summed E-state index contributed by atoms with van der Waals surface area (Å²) in [5.41, 5.74) is 1.77. The van der Waals surface area contributed by atoms with Crippen LogP contribution in [0.5, 0.6) is 5.75 Å². The molecule has 0 bridgehead atoms. The first kappa shape index (κ1) is 21.0. The second-order valence-electron chi connectivity index (χ2n) is 6.63. The van der Waals surface area contributed by atoms with Crippen molar-refractivity contribution in [1.82, 2.24) is 5.32 Å². The van der Waals surface area contributed by atoms with Crippen molar-refractivity contribution < 1.29 is 14.6 Å². The molecule has 3 aromatic rings. The zero-order chi connectivity index (χ0) is 20.7. The van der Waals surface area contributed by atoms with Crippen LogP contribution in [0.1, 0.15) is 23.6 Å². The molecule has 0 saturated carbocycles. The minimum atomic E-state index is -0.954. The maximum absolute atomic E-state index is 12.0. The van der Waals surface area contributed by atoms with Crippen LogP contribution in [0.25, 0.3) is 0 Å². The fourth-order valence-corrected chi connectivity index (χ4v) is 3.85. The number of carboxylic acids is 1. The van der Waals surface area contributed by atoms with Crippen molar-refractivity contribution in [2.45, 2.75) is 18.5 Å². The largest absolute Gasteiger partial charge is 0.493 e. The quantitative estimate of drug-likeness (QED) is 0.365. The van der Waals surface area contributed by atoms with Gasteiger partial charge < -0.3 is 9.84 Å². The predicted octanol–water partition coefficient (Wildman–Crippen LogP) is 4.35. The summed E-state index contributed by atoms with van der Waals surface area (Å²) in [6.07, 6.45) is 0. The first-order valence-corrected chi connectivity index (χ1v) is 10.2. The lowest BCUT2D eigenvalue weighted by Crippen LogP contribution is -2.53. The minimum Gasteiger partial charge on any atom is -0.493 e. The number of hydrogen-bond donors (Lipinski definition) is 3. The van der Waals surface area contributed by atoms with Crippen LogP contribution in [0.3, 0.4) is 0 Å². The molecule has 0 heterocycles. The molecule has 0 radical (unpaired) electrons. The summed E-state index contributed by atoms with van der Waals surface area (Å²) in [7, 11) is 0. The van der Waals surface area contributed by atoms with E-state index in [9.17, 15) is 9.90 Å². The highest BCUT2D eigenvalue weighted by Gasteiger charge is 2.41. The molecule has 0 aromatic heterocycles. The van der Waals surface area contributed by atoms with Crippen molar-refractivity contribution in [2.24, 2.45) is 0 Å². The Morgan fingerprint density at radius 2 is 1.48 bits per heavy atom. The van der Waals surface area contributed by atoms with Gasteiger partial charge in [0.05, 0.1) is 12.1 Å². The molecule has 0 amide bonds. The van der Waals surface area contributed by atoms with E-state index in [-0.39, 0.29) is 5.75 Å². The zero-order valence-electron chi connectivity index (χ0n) is 16.3. The average Bonchev–Trinajstić information content (AvgIpc) is 2.77. The van der Waals surface area contributed by atoms with Gasteiger partial charge in [0.15, 0.2) is 0 Å². The van der Waals surface area contributed by atoms with Crippen molar-refractivity contribution >= 4 is 18.6 Å². The molecule has 3 rings (SSSR count). The van der Waals surface area contributed by atoms with Crippen LogP contribution in [0.2, 0.25) is 0 Å². The van der Waals surface area contributed by atoms with E-state index < -0.39 is 17.6 Å². The summed E-state index contributed by atoms with van der Waals surface area (Å²) < 4.78 is 5.96. The van der Waals surface area contributed by atoms with Gasteiger partial charge in [0, 0.05) is 11.3 Å². The van der Waals surface area contributed by atoms with Gasteiger partial charge in [-0.25, -0.2) is 0 Å². The topological polar surface area (TPSA) is 58.6 Å². The molecular formula is C24H25NO3S. The Bertz CT molecular complexity index is 892. The van der Waals surface area contributed by atoms with E-state index >= 15 is 0 Å². The minimum absolute atomic E-state index is 0.146. The van der Waals surface area contributed by atoms with Crippen molar-refractivity contribution in [3.63, 3.8) is 0 Å². The SMILES string of the molecule is CCOc1ccccc1C(NC(CS)C(=O)O)(c1ccccc1)c1ccccc1. The van der Waals surface area contributed by atoms with E-state index in [0.29, 0.717) is 12.4 Å². The third kappa shape index (κ3) is 4.31. The van der Waals surface area contributed by atoms with Crippen molar-refractivity contribution in [3.8, 4) is 5.75 Å². The third-order valence-corrected chi connectivity index (χ3v) is 5.24. The molecule has 0 spiro atoms. The highest BCUT2D eigenvalue weighted by molar-refractivity contribution is 7.80. The zero-order valence-corrected chi connectivity index (χ0v) is 17.2. The normalized spacial score (nSPS) is 12.3. The molecule has 0 aliphatic heterocycles. The summed E-state index contributed by atoms with van der Waals surface area (Å²) >= 11 is 4.30. The van der Waals surface area contributed by atoms with Crippen LogP contribution in [-0.2, 0) is 10.3 Å². The highest BCUT2D eigenvalue weighted by atomic mass is 32.1. The van der Waals surface area contributed by atoms with Crippen LogP contribution in [0, 0.1) is 0 Å². The number of nitrogens with one attached hydrogen (secondary N) is 1. The van der Waals surface area contributed by atoms with Gasteiger partial charge in [-0.05, 0) is 24.1 Å². The summed E-state index contributed by atoms with van der Waals surface area (Å²) in [4.78, 5) is 12.0. The lowest BCUT2D eigenvalue weighted by molar-refractivity contribution is -0.139. The van der Waals surface area contributed by atoms with E-state index in [1.54, 1.807) is 0 Å². The van der Waals surface area contributed by atoms with E-state index in [1.807, 2.05) is 91.9 Å². The van der Waals surface area contributed by atoms with Gasteiger partial charge in [0.1, 0.15) is 11.8 Å². The third-order valence-electron chi connectivity index (χ3n) is 4.88. The highest BCUT2D eigenvalue weighted by Crippen LogP contribution is 2.41. The van der Waals surface area contributed by atoms with Crippen LogP contribution in [-0.4, -0.2) is 29.5 Å². The van der Waals surface area contributed by atoms with E-state index in [0.717, 1.165) is 16.7 Å². The molecule has 3 aromatic carbocycles. The lowest BCUT2D eigenvalue weighted by Gasteiger charge is -2.39. The fourth-order valence-electron chi connectivity index (χ4n) is 3.60. The lowest BCUT2D eigenvalue weighted by atomic mass is 9.76. The Labute approximate surface area is 177 Å². The molecule has 2 N–H and O–H groups in total. The molecule has 4 nitrogen and oxygen atoms in total. The van der Waals surface area contributed by atoms with Crippen molar-refractivity contribution in [2.75, 3.05) is 12.4 Å². The molecule has 1 unspecified atom stereocenters. The second kappa shape index (κ2) is 9.63. The maximum atomic E-state index is 12.0. The molecule has 0 saturated heterocycles. The van der Waals surface area contributed by atoms with Gasteiger partial charge in [-0.3, -0.25) is 10.1 Å². The summed E-state index contributed by atoms with van der Waals surface area (Å²) in [5, 5.41) is 13.2. The maximum Gasteiger partial charge on any atom is 0.321 e. The Kier molecular flexibility index (Phi) is 6.96. The first-order valence-electron chi connectivity index (χ1n) is 9.58. The Morgan fingerprint density at radius 3 is 1.97 bits per heavy atom. The Balaban J connectivity index is 2.36. The number of carboxylic acid groups (broad SMARTS) is 1. The van der Waals surface area contributed by atoms with Gasteiger partial charge in [0.25, 0.3) is 0 Å². The molecule has 0 fully saturated rings. The summed E-state index contributed by atoms with van der Waals surface area (Å²) in [6, 6.07) is 26.6. The average molecular weight is 408 g/mol. The van der Waals surface area contributed by atoms with Crippen molar-refractivity contribution in [3.05, 3.63) is 102 Å². The summed E-state index contributed by atoms with van der Waals surface area (Å²) in [6.45, 7) is 2.44. The number of carbonyl (C=O) groups is 1. The number of thiol groups is 1. The molecule has 1 atom stereocenters. The number of para-hydroxylation sites is 1. The molecule has 0 aliphatic rings. The van der Waals surface area contributed by atoms with Crippen LogP contribution < -0.4 is 10.1 Å². The van der Waals surface area contributed by atoms with Gasteiger partial charge >= 0.3 is 5.97 Å². The van der Waals surface area contributed by atoms with Crippen LogP contribution >= 0.6 is 12.6 Å². The Morgan fingerprint density at radius 1 is 0.966 bits per heavy atom. The number of aliphatic carboxylic acids is 1. The second-order valence-corrected chi connectivity index (χ2v) is 6.99. The molecule has 150 valence electrons. The number of ether oxygens (including phenoxy) is 1. The van der Waals surface area contributed by atoms with Crippen LogP contribution in [0.4, 0.5) is 0 Å². The van der Waals surface area contributed by atoms with Gasteiger partial charge in [0.2, 0.25) is 0 Å². The van der Waals surface area contributed by atoms with Gasteiger partial charge in [-0.15, -0.1) is 0 Å². The summed E-state index contributed by atoms with van der Waals surface area (Å²) in [5.74, 6) is -0.100. The predicted molar refractivity (Wildman–Crippen MR) is 119 cm³/mol. The van der Waals surface area contributed by atoms with Crippen molar-refractivity contribution in [1.29, 1.82) is 0 Å². The van der Waals surface area contributed by atoms with E-state index in [2.05, 4.69) is 17.9 Å². The van der Waals surface area contributed by atoms with Crippen LogP contribution in [0.15, 0.2) is 84.9 Å². The Hall–Kier alpha value is -2.76. The molecule has 0 aliphatic carbocycles. The number of hydrogen-bond acceptors (Lipinski definition) is 4. The van der Waals surface area contributed by atoms with E-state index in [1.165, 1.54) is 0 Å². The fraction of sp³-hybridized carbons (Fsp3) is 0.208. The monoisotopic (exact) mass is 407 g/mol. The van der Waals surface area contributed by atoms with Gasteiger partial charge in [-0.2, -0.15) is 12.6 Å². The first-order chi connectivity index (χ1) is 14.1. The van der Waals surface area contributed by atoms with E-state index in [4.69, 9.17) is 4.74 Å². The smallest absolute Gasteiger partial charge is 0.321 e. The number of rotatable bonds is 9. The standard InChI is InChI=1S/C24H25NO3S/c1-2-28-22-16-10-9-15-20(22)24(18-11-5-3-6-12-18,19-13-7-4-8-14-19)25-21(17-29)23(26)27/h3-16,21,25,29H,2,17H2,1H3,(H,26,27).